The molecule has 1 aromatic rings. The van der Waals surface area contributed by atoms with E-state index >= 15 is 0 Å². The van der Waals surface area contributed by atoms with E-state index in [1.54, 1.807) is 6.07 Å². The fraction of sp³-hybridized carbons (Fsp3) is 0.368. The summed E-state index contributed by atoms with van der Waals surface area (Å²) in [5.74, 6) is -0.949. The van der Waals surface area contributed by atoms with E-state index in [4.69, 9.17) is 4.74 Å². The fourth-order valence-electron chi connectivity index (χ4n) is 2.69. The van der Waals surface area contributed by atoms with Gasteiger partial charge in [-0.25, -0.2) is 4.39 Å². The highest BCUT2D eigenvalue weighted by Crippen LogP contribution is 2.27. The molecule has 23 heavy (non-hydrogen) atoms. The molecule has 124 valence electrons. The van der Waals surface area contributed by atoms with Gasteiger partial charge in [0.2, 0.25) is 0 Å². The highest BCUT2D eigenvalue weighted by Gasteiger charge is 2.21. The van der Waals surface area contributed by atoms with E-state index < -0.39 is 5.82 Å². The predicted molar refractivity (Wildman–Crippen MR) is 89.6 cm³/mol. The van der Waals surface area contributed by atoms with Crippen LogP contribution in [0.4, 0.5) is 4.39 Å². The number of hydrogen-bond donors (Lipinski definition) is 2. The van der Waals surface area contributed by atoms with Crippen molar-refractivity contribution in [2.75, 3.05) is 13.2 Å². The number of rotatable bonds is 7. The monoisotopic (exact) mass is 318 g/mol. The van der Waals surface area contributed by atoms with Gasteiger partial charge in [0.1, 0.15) is 0 Å². The van der Waals surface area contributed by atoms with Crippen molar-refractivity contribution in [3.8, 4) is 5.75 Å². The third-order valence-electron chi connectivity index (χ3n) is 4.07. The third kappa shape index (κ3) is 4.53. The van der Waals surface area contributed by atoms with E-state index in [9.17, 15) is 14.6 Å². The van der Waals surface area contributed by atoms with Gasteiger partial charge in [-0.1, -0.05) is 37.3 Å². The molecule has 4 heteroatoms. The zero-order valence-electron chi connectivity index (χ0n) is 13.4. The summed E-state index contributed by atoms with van der Waals surface area (Å²) in [6.07, 6.45) is 6.34. The fourth-order valence-corrected chi connectivity index (χ4v) is 2.69. The molecule has 1 aliphatic heterocycles. The van der Waals surface area contributed by atoms with Crippen molar-refractivity contribution in [3.05, 3.63) is 59.0 Å². The Labute approximate surface area is 136 Å². The molecule has 3 nitrogen and oxygen atoms in total. The molecule has 0 aromatic heterocycles. The molecule has 0 aliphatic carbocycles. The van der Waals surface area contributed by atoms with Crippen LogP contribution in [-0.2, 0) is 4.74 Å². The Kier molecular flexibility index (Phi) is 6.13. The molecule has 1 heterocycles. The minimum Gasteiger partial charge on any atom is -0.505 e. The first kappa shape index (κ1) is 17.4. The average molecular weight is 318 g/mol. The number of halogens is 1. The van der Waals surface area contributed by atoms with E-state index in [-0.39, 0.29) is 18.5 Å². The molecule has 2 rings (SSSR count). The molecule has 0 bridgehead atoms. The predicted octanol–water partition coefficient (Wildman–Crippen LogP) is 3.98. The Balaban J connectivity index is 2.02. The largest absolute Gasteiger partial charge is 0.505 e. The number of ether oxygens (including phenoxy) is 1. The van der Waals surface area contributed by atoms with Gasteiger partial charge in [0.05, 0.1) is 19.3 Å². The van der Waals surface area contributed by atoms with Crippen molar-refractivity contribution in [3.63, 3.8) is 0 Å². The molecule has 0 saturated carbocycles. The van der Waals surface area contributed by atoms with Crippen molar-refractivity contribution < 1.29 is 19.3 Å². The number of aromatic hydroxyl groups is 1. The van der Waals surface area contributed by atoms with Crippen LogP contribution in [-0.4, -0.2) is 29.5 Å². The number of aliphatic hydroxyl groups is 1. The maximum Gasteiger partial charge on any atom is 0.165 e. The second-order valence-corrected chi connectivity index (χ2v) is 5.65. The van der Waals surface area contributed by atoms with E-state index in [1.165, 1.54) is 17.7 Å². The van der Waals surface area contributed by atoms with Crippen molar-refractivity contribution in [2.24, 2.45) is 0 Å². The molecule has 0 saturated heterocycles. The zero-order valence-corrected chi connectivity index (χ0v) is 13.4. The van der Waals surface area contributed by atoms with Gasteiger partial charge in [-0.3, -0.25) is 0 Å². The summed E-state index contributed by atoms with van der Waals surface area (Å²) in [5, 5.41) is 18.5. The van der Waals surface area contributed by atoms with E-state index in [0.29, 0.717) is 12.2 Å². The molecule has 1 aliphatic rings. The summed E-state index contributed by atoms with van der Waals surface area (Å²) in [6.45, 7) is 6.41. The van der Waals surface area contributed by atoms with Crippen molar-refractivity contribution in [1.29, 1.82) is 0 Å². The lowest BCUT2D eigenvalue weighted by atomic mass is 9.96. The van der Waals surface area contributed by atoms with Gasteiger partial charge in [-0.05, 0) is 48.1 Å². The highest BCUT2D eigenvalue weighted by molar-refractivity contribution is 5.54. The van der Waals surface area contributed by atoms with Gasteiger partial charge in [-0.2, -0.15) is 0 Å². The molecule has 1 unspecified atom stereocenters. The van der Waals surface area contributed by atoms with E-state index in [0.717, 1.165) is 30.4 Å². The third-order valence-corrected chi connectivity index (χ3v) is 4.07. The van der Waals surface area contributed by atoms with Crippen LogP contribution in [0.15, 0.2) is 47.6 Å². The summed E-state index contributed by atoms with van der Waals surface area (Å²) in [7, 11) is 0. The number of hydrogen-bond acceptors (Lipinski definition) is 3. The molecule has 1 atom stereocenters. The van der Waals surface area contributed by atoms with Crippen LogP contribution in [0.2, 0.25) is 0 Å². The summed E-state index contributed by atoms with van der Waals surface area (Å²) in [6, 6.07) is 4.38. The number of phenols is 1. The van der Waals surface area contributed by atoms with Crippen LogP contribution in [0.25, 0.3) is 6.08 Å². The SMILES string of the molecule is C=C(CO)C1=CCOC1CC/C(=C/c1ccc(O)c(F)c1)CC. The van der Waals surface area contributed by atoms with Crippen molar-refractivity contribution in [2.45, 2.75) is 32.3 Å². The Morgan fingerprint density at radius 1 is 1.48 bits per heavy atom. The molecule has 0 spiro atoms. The lowest BCUT2D eigenvalue weighted by molar-refractivity contribution is 0.115. The second kappa shape index (κ2) is 8.09. The molecule has 0 radical (unpaired) electrons. The van der Waals surface area contributed by atoms with Crippen LogP contribution >= 0.6 is 0 Å². The smallest absolute Gasteiger partial charge is 0.165 e. The molecule has 0 amide bonds. The first-order valence-corrected chi connectivity index (χ1v) is 7.83. The number of aliphatic hydroxyl groups excluding tert-OH is 1. The number of allylic oxidation sites excluding steroid dienone is 1. The maximum absolute atomic E-state index is 13.4. The summed E-state index contributed by atoms with van der Waals surface area (Å²) in [4.78, 5) is 0. The van der Waals surface area contributed by atoms with Crippen LogP contribution in [0.3, 0.4) is 0 Å². The van der Waals surface area contributed by atoms with Crippen molar-refractivity contribution in [1.82, 2.24) is 0 Å². The summed E-state index contributed by atoms with van der Waals surface area (Å²) < 4.78 is 19.1. The van der Waals surface area contributed by atoms with E-state index in [2.05, 4.69) is 13.5 Å². The summed E-state index contributed by atoms with van der Waals surface area (Å²) in [5.41, 5.74) is 3.60. The zero-order chi connectivity index (χ0) is 16.8. The highest BCUT2D eigenvalue weighted by atomic mass is 19.1. The van der Waals surface area contributed by atoms with Crippen LogP contribution in [0, 0.1) is 5.82 Å². The lowest BCUT2D eigenvalue weighted by Crippen LogP contribution is -2.13. The Morgan fingerprint density at radius 2 is 2.26 bits per heavy atom. The maximum atomic E-state index is 13.4. The van der Waals surface area contributed by atoms with E-state index in [1.807, 2.05) is 12.2 Å². The van der Waals surface area contributed by atoms with Gasteiger partial charge >= 0.3 is 0 Å². The van der Waals surface area contributed by atoms with Gasteiger partial charge in [0.15, 0.2) is 11.6 Å². The minimum absolute atomic E-state index is 0.0406. The second-order valence-electron chi connectivity index (χ2n) is 5.65. The number of benzene rings is 1. The topological polar surface area (TPSA) is 49.7 Å². The van der Waals surface area contributed by atoms with Gasteiger partial charge in [0.25, 0.3) is 0 Å². The van der Waals surface area contributed by atoms with Crippen LogP contribution < -0.4 is 0 Å². The standard InChI is InChI=1S/C19H23FO3/c1-3-14(10-15-4-6-18(22)17(20)11-15)5-7-19-16(8-9-23-19)13(2)12-21/h4,6,8,10-11,19,21-22H,2-3,5,7,9,12H2,1H3/b14-10+. The molecule has 0 fully saturated rings. The van der Waals surface area contributed by atoms with Gasteiger partial charge in [-0.15, -0.1) is 0 Å². The normalized spacial score (nSPS) is 18.1. The minimum atomic E-state index is -0.613. The van der Waals surface area contributed by atoms with Crippen molar-refractivity contribution >= 4 is 6.08 Å². The molecular formula is C19H23FO3. The molecule has 1 aromatic carbocycles. The lowest BCUT2D eigenvalue weighted by Gasteiger charge is -2.16. The van der Waals surface area contributed by atoms with Gasteiger partial charge in [0, 0.05) is 0 Å². The summed E-state index contributed by atoms with van der Waals surface area (Å²) >= 11 is 0. The number of phenolic OH excluding ortho intramolecular Hbond substituents is 1. The van der Waals surface area contributed by atoms with Gasteiger partial charge < -0.3 is 14.9 Å². The Morgan fingerprint density at radius 3 is 2.91 bits per heavy atom. The van der Waals surface area contributed by atoms with Crippen LogP contribution in [0.5, 0.6) is 5.75 Å². The first-order valence-electron chi connectivity index (χ1n) is 7.83. The first-order chi connectivity index (χ1) is 11.0. The Hall–Kier alpha value is -1.91. The van der Waals surface area contributed by atoms with Crippen LogP contribution in [0.1, 0.15) is 31.7 Å². The average Bonchev–Trinajstić information content (AvgIpc) is 3.02. The quantitative estimate of drug-likeness (QED) is 0.799. The molecular weight excluding hydrogens is 295 g/mol. The molecule has 2 N–H and O–H groups in total. The Bertz CT molecular complexity index is 632.